The summed E-state index contributed by atoms with van der Waals surface area (Å²) in [5.74, 6) is -3.39. The van der Waals surface area contributed by atoms with Crippen molar-refractivity contribution >= 4 is 29.5 Å². The first-order valence-electron chi connectivity index (χ1n) is 11.8. The van der Waals surface area contributed by atoms with Crippen molar-refractivity contribution in [3.63, 3.8) is 0 Å². The normalized spacial score (nSPS) is 12.1. The van der Waals surface area contributed by atoms with E-state index in [1.165, 1.54) is 24.3 Å². The molecule has 0 saturated carbocycles. The minimum absolute atomic E-state index is 0.0998. The van der Waals surface area contributed by atoms with Crippen LogP contribution in [-0.4, -0.2) is 46.7 Å². The van der Waals surface area contributed by atoms with Gasteiger partial charge in [-0.3, -0.25) is 24.6 Å². The van der Waals surface area contributed by atoms with Crippen molar-refractivity contribution in [3.05, 3.63) is 95.6 Å². The summed E-state index contributed by atoms with van der Waals surface area (Å²) in [6.07, 6.45) is -0.452. The summed E-state index contributed by atoms with van der Waals surface area (Å²) >= 11 is 0. The van der Waals surface area contributed by atoms with Gasteiger partial charge in [0.05, 0.1) is 0 Å². The first-order valence-corrected chi connectivity index (χ1v) is 11.8. The van der Waals surface area contributed by atoms with Crippen LogP contribution in [0.15, 0.2) is 78.9 Å². The number of amidine groups is 1. The lowest BCUT2D eigenvalue weighted by molar-refractivity contribution is -0.137. The second-order valence-corrected chi connectivity index (χ2v) is 8.68. The van der Waals surface area contributed by atoms with E-state index >= 15 is 0 Å². The maximum Gasteiger partial charge on any atom is 0.303 e. The van der Waals surface area contributed by atoms with Gasteiger partial charge in [-0.15, -0.1) is 0 Å². The third kappa shape index (κ3) is 7.76. The standard InChI is InChI=1S/C28H29N5O5/c29-25(30)20-10-12-21(13-11-20)27(37)33-23(28(38)32-22(26(31)36)14-15-24(34)35)16-17-6-8-19(9-7-17)18-4-2-1-3-5-18/h1-13,22-23H,14-16H2,(H3,29,30)(H2,31,36)(H,32,38)(H,33,37)(H,34,35)/t22-,23-/m0/s1. The molecule has 0 saturated heterocycles. The quantitative estimate of drug-likeness (QED) is 0.157. The number of hydrogen-bond donors (Lipinski definition) is 6. The minimum Gasteiger partial charge on any atom is -0.481 e. The van der Waals surface area contributed by atoms with Crippen LogP contribution in [0.25, 0.3) is 11.1 Å². The largest absolute Gasteiger partial charge is 0.481 e. The average molecular weight is 516 g/mol. The maximum absolute atomic E-state index is 13.2. The van der Waals surface area contributed by atoms with Gasteiger partial charge in [-0.05, 0) is 35.2 Å². The van der Waals surface area contributed by atoms with Crippen LogP contribution in [0, 0.1) is 5.41 Å². The maximum atomic E-state index is 13.2. The zero-order valence-electron chi connectivity index (χ0n) is 20.5. The second-order valence-electron chi connectivity index (χ2n) is 8.68. The lowest BCUT2D eigenvalue weighted by atomic mass is 9.99. The van der Waals surface area contributed by atoms with Crippen LogP contribution < -0.4 is 22.1 Å². The predicted octanol–water partition coefficient (Wildman–Crippen LogP) is 1.81. The smallest absolute Gasteiger partial charge is 0.303 e. The molecule has 10 nitrogen and oxygen atoms in total. The molecule has 0 bridgehead atoms. The van der Waals surface area contributed by atoms with Crippen LogP contribution >= 0.6 is 0 Å². The molecule has 0 aromatic heterocycles. The Morgan fingerprint density at radius 2 is 1.34 bits per heavy atom. The number of amides is 3. The fourth-order valence-electron chi connectivity index (χ4n) is 3.78. The zero-order valence-corrected chi connectivity index (χ0v) is 20.5. The molecule has 10 heteroatoms. The van der Waals surface area contributed by atoms with E-state index in [-0.39, 0.29) is 30.7 Å². The molecule has 38 heavy (non-hydrogen) atoms. The summed E-state index contributed by atoms with van der Waals surface area (Å²) < 4.78 is 0. The monoisotopic (exact) mass is 515 g/mol. The first-order chi connectivity index (χ1) is 18.1. The SMILES string of the molecule is N=C(N)c1ccc(C(=O)N[C@@H](Cc2ccc(-c3ccccc3)cc2)C(=O)N[C@@H](CCC(=O)O)C(N)=O)cc1. The molecule has 196 valence electrons. The van der Waals surface area contributed by atoms with E-state index in [0.29, 0.717) is 5.56 Å². The molecule has 0 fully saturated rings. The van der Waals surface area contributed by atoms with Gasteiger partial charge >= 0.3 is 5.97 Å². The fourth-order valence-corrected chi connectivity index (χ4v) is 3.78. The molecule has 0 radical (unpaired) electrons. The third-order valence-electron chi connectivity index (χ3n) is 5.89. The zero-order chi connectivity index (χ0) is 27.7. The van der Waals surface area contributed by atoms with Gasteiger partial charge in [-0.2, -0.15) is 0 Å². The summed E-state index contributed by atoms with van der Waals surface area (Å²) in [4.78, 5) is 48.9. The number of aliphatic carboxylic acids is 1. The van der Waals surface area contributed by atoms with Gasteiger partial charge in [-0.1, -0.05) is 66.7 Å². The lowest BCUT2D eigenvalue weighted by Crippen LogP contribution is -2.53. The van der Waals surface area contributed by atoms with Gasteiger partial charge in [0.25, 0.3) is 5.91 Å². The number of carboxylic acid groups (broad SMARTS) is 1. The molecule has 3 rings (SSSR count). The van der Waals surface area contributed by atoms with E-state index < -0.39 is 35.8 Å². The summed E-state index contributed by atoms with van der Waals surface area (Å²) in [5, 5.41) is 21.6. The Kier molecular flexibility index (Phi) is 9.31. The Hall–Kier alpha value is -4.99. The Labute approximate surface area is 219 Å². The molecule has 8 N–H and O–H groups in total. The fraction of sp³-hybridized carbons (Fsp3) is 0.179. The van der Waals surface area contributed by atoms with E-state index in [4.69, 9.17) is 22.0 Å². The van der Waals surface area contributed by atoms with Gasteiger partial charge in [0.15, 0.2) is 0 Å². The van der Waals surface area contributed by atoms with Crippen molar-refractivity contribution in [1.82, 2.24) is 10.6 Å². The molecule has 0 aliphatic heterocycles. The summed E-state index contributed by atoms with van der Waals surface area (Å²) in [5.41, 5.74) is 14.3. The predicted molar refractivity (Wildman–Crippen MR) is 142 cm³/mol. The van der Waals surface area contributed by atoms with Crippen LogP contribution in [0.2, 0.25) is 0 Å². The molecule has 3 amide bonds. The number of carbonyl (C=O) groups is 4. The molecule has 0 unspecified atom stereocenters. The summed E-state index contributed by atoms with van der Waals surface area (Å²) in [6, 6.07) is 20.9. The second kappa shape index (κ2) is 12.8. The summed E-state index contributed by atoms with van der Waals surface area (Å²) in [6.45, 7) is 0. The molecule has 0 aliphatic carbocycles. The van der Waals surface area contributed by atoms with E-state index in [9.17, 15) is 19.2 Å². The van der Waals surface area contributed by atoms with Crippen LogP contribution in [0.4, 0.5) is 0 Å². The molecule has 0 aliphatic rings. The van der Waals surface area contributed by atoms with E-state index in [1.54, 1.807) is 0 Å². The van der Waals surface area contributed by atoms with Gasteiger partial charge in [0.1, 0.15) is 17.9 Å². The van der Waals surface area contributed by atoms with Crippen molar-refractivity contribution in [2.45, 2.75) is 31.3 Å². The molecular formula is C28H29N5O5. The van der Waals surface area contributed by atoms with Gasteiger partial charge in [0.2, 0.25) is 11.8 Å². The highest BCUT2D eigenvalue weighted by Crippen LogP contribution is 2.20. The van der Waals surface area contributed by atoms with E-state index in [1.807, 2.05) is 54.6 Å². The average Bonchev–Trinajstić information content (AvgIpc) is 2.91. The van der Waals surface area contributed by atoms with Crippen LogP contribution in [-0.2, 0) is 20.8 Å². The third-order valence-corrected chi connectivity index (χ3v) is 5.89. The van der Waals surface area contributed by atoms with Crippen LogP contribution in [0.3, 0.4) is 0 Å². The number of nitrogens with two attached hydrogens (primary N) is 2. The van der Waals surface area contributed by atoms with Crippen molar-refractivity contribution in [1.29, 1.82) is 5.41 Å². The number of carboxylic acids is 1. The number of nitrogens with one attached hydrogen (secondary N) is 3. The van der Waals surface area contributed by atoms with E-state index in [2.05, 4.69) is 10.6 Å². The molecule has 0 heterocycles. The lowest BCUT2D eigenvalue weighted by Gasteiger charge is -2.22. The van der Waals surface area contributed by atoms with Crippen LogP contribution in [0.5, 0.6) is 0 Å². The number of benzene rings is 3. The highest BCUT2D eigenvalue weighted by atomic mass is 16.4. The number of hydrogen-bond acceptors (Lipinski definition) is 5. The molecular weight excluding hydrogens is 486 g/mol. The van der Waals surface area contributed by atoms with Crippen molar-refractivity contribution < 1.29 is 24.3 Å². The van der Waals surface area contributed by atoms with Crippen LogP contribution in [0.1, 0.15) is 34.3 Å². The van der Waals surface area contributed by atoms with Gasteiger partial charge < -0.3 is 27.2 Å². The highest BCUT2D eigenvalue weighted by molar-refractivity contribution is 6.00. The first kappa shape index (κ1) is 27.6. The molecule has 3 aromatic carbocycles. The Balaban J connectivity index is 1.81. The number of rotatable bonds is 12. The molecule has 2 atom stereocenters. The highest BCUT2D eigenvalue weighted by Gasteiger charge is 2.27. The number of nitrogen functional groups attached to an aromatic ring is 1. The Morgan fingerprint density at radius 1 is 0.763 bits per heavy atom. The summed E-state index contributed by atoms with van der Waals surface area (Å²) in [7, 11) is 0. The Morgan fingerprint density at radius 3 is 1.89 bits per heavy atom. The minimum atomic E-state index is -1.21. The van der Waals surface area contributed by atoms with Crippen molar-refractivity contribution in [3.8, 4) is 11.1 Å². The van der Waals surface area contributed by atoms with Gasteiger partial charge in [-0.25, -0.2) is 0 Å². The van der Waals surface area contributed by atoms with Gasteiger partial charge in [0, 0.05) is 24.0 Å². The van der Waals surface area contributed by atoms with Crippen molar-refractivity contribution in [2.24, 2.45) is 11.5 Å². The van der Waals surface area contributed by atoms with Crippen molar-refractivity contribution in [2.75, 3.05) is 0 Å². The van der Waals surface area contributed by atoms with E-state index in [0.717, 1.165) is 16.7 Å². The topological polar surface area (TPSA) is 188 Å². The molecule has 3 aromatic rings. The number of carbonyl (C=O) groups excluding carboxylic acids is 3. The molecule has 0 spiro atoms. The Bertz CT molecular complexity index is 1310. The number of primary amides is 1.